The molecule has 0 aliphatic rings. The quantitative estimate of drug-likeness (QED) is 0.411. The number of carbonyl (C=O) groups is 1. The SMILES string of the molecule is CCC(=O)C(=N\O[Si](C)(C)C)/C(C)=N/O[Si](C)(C)C. The molecule has 0 aliphatic heterocycles. The molecule has 0 fully saturated rings. The van der Waals surface area contributed by atoms with Crippen molar-refractivity contribution in [3.05, 3.63) is 0 Å². The van der Waals surface area contributed by atoms with Crippen molar-refractivity contribution in [2.45, 2.75) is 59.6 Å². The Labute approximate surface area is 118 Å². The van der Waals surface area contributed by atoms with Crippen LogP contribution in [0.2, 0.25) is 39.3 Å². The second kappa shape index (κ2) is 6.99. The van der Waals surface area contributed by atoms with Crippen LogP contribution in [0.3, 0.4) is 0 Å². The second-order valence-electron chi connectivity index (χ2n) is 6.30. The molecule has 0 aromatic heterocycles. The van der Waals surface area contributed by atoms with Gasteiger partial charge in [-0.3, -0.25) is 4.79 Å². The Bertz CT molecular complexity index is 379. The molecule has 0 saturated carbocycles. The average Bonchev–Trinajstić information content (AvgIpc) is 2.23. The van der Waals surface area contributed by atoms with E-state index in [1.54, 1.807) is 13.8 Å². The van der Waals surface area contributed by atoms with Crippen LogP contribution in [0, 0.1) is 0 Å². The molecule has 0 heterocycles. The van der Waals surface area contributed by atoms with E-state index >= 15 is 0 Å². The summed E-state index contributed by atoms with van der Waals surface area (Å²) in [6, 6.07) is 0. The Balaban J connectivity index is 5.11. The predicted octanol–water partition coefficient (Wildman–Crippen LogP) is 3.40. The van der Waals surface area contributed by atoms with Gasteiger partial charge in [-0.15, -0.1) is 5.16 Å². The first kappa shape index (κ1) is 18.0. The van der Waals surface area contributed by atoms with Gasteiger partial charge < -0.3 is 9.05 Å². The van der Waals surface area contributed by atoms with Crippen molar-refractivity contribution in [3.8, 4) is 0 Å². The maximum Gasteiger partial charge on any atom is 0.278 e. The molecule has 0 bridgehead atoms. The van der Waals surface area contributed by atoms with E-state index in [0.717, 1.165) is 0 Å². The smallest absolute Gasteiger partial charge is 0.278 e. The molecule has 0 atom stereocenters. The molecule has 5 nitrogen and oxygen atoms in total. The predicted molar refractivity (Wildman–Crippen MR) is 84.7 cm³/mol. The number of hydrogen-bond acceptors (Lipinski definition) is 5. The molecule has 0 spiro atoms. The third kappa shape index (κ3) is 8.71. The summed E-state index contributed by atoms with van der Waals surface area (Å²) in [6.07, 6.45) is 0.369. The van der Waals surface area contributed by atoms with Gasteiger partial charge in [-0.2, -0.15) is 0 Å². The topological polar surface area (TPSA) is 60.2 Å². The van der Waals surface area contributed by atoms with Crippen molar-refractivity contribution in [2.75, 3.05) is 0 Å². The van der Waals surface area contributed by atoms with Crippen molar-refractivity contribution >= 4 is 33.8 Å². The molecule has 0 aliphatic carbocycles. The van der Waals surface area contributed by atoms with Crippen LogP contribution in [-0.4, -0.2) is 33.8 Å². The molecule has 0 saturated heterocycles. The summed E-state index contributed by atoms with van der Waals surface area (Å²) in [5, 5.41) is 8.03. The molecule has 0 aromatic carbocycles. The van der Waals surface area contributed by atoms with Crippen LogP contribution in [0.1, 0.15) is 20.3 Å². The minimum Gasteiger partial charge on any atom is -0.455 e. The summed E-state index contributed by atoms with van der Waals surface area (Å²) >= 11 is 0. The summed E-state index contributed by atoms with van der Waals surface area (Å²) < 4.78 is 10.9. The van der Waals surface area contributed by atoms with Crippen LogP contribution in [0.4, 0.5) is 0 Å². The largest absolute Gasteiger partial charge is 0.455 e. The summed E-state index contributed by atoms with van der Waals surface area (Å²) in [5.41, 5.74) is 0.746. The lowest BCUT2D eigenvalue weighted by atomic mass is 10.1. The van der Waals surface area contributed by atoms with E-state index in [-0.39, 0.29) is 11.5 Å². The van der Waals surface area contributed by atoms with Crippen molar-refractivity contribution in [3.63, 3.8) is 0 Å². The maximum atomic E-state index is 11.9. The number of ketones is 1. The molecular weight excluding hydrogens is 276 g/mol. The van der Waals surface area contributed by atoms with Crippen molar-refractivity contribution < 1.29 is 13.8 Å². The zero-order valence-corrected chi connectivity index (χ0v) is 15.3. The van der Waals surface area contributed by atoms with Gasteiger partial charge in [0.15, 0.2) is 11.5 Å². The second-order valence-corrected chi connectivity index (χ2v) is 15.1. The molecule has 0 radical (unpaired) electrons. The van der Waals surface area contributed by atoms with Crippen LogP contribution >= 0.6 is 0 Å². The third-order valence-corrected chi connectivity index (χ3v) is 3.07. The summed E-state index contributed by atoms with van der Waals surface area (Å²) in [5.74, 6) is -0.0846. The Morgan fingerprint density at radius 2 is 1.37 bits per heavy atom. The zero-order chi connectivity index (χ0) is 15.3. The van der Waals surface area contributed by atoms with E-state index in [0.29, 0.717) is 12.1 Å². The van der Waals surface area contributed by atoms with E-state index in [1.807, 2.05) is 39.3 Å². The van der Waals surface area contributed by atoms with Crippen molar-refractivity contribution in [1.82, 2.24) is 0 Å². The monoisotopic (exact) mass is 302 g/mol. The van der Waals surface area contributed by atoms with Gasteiger partial charge in [-0.25, -0.2) is 0 Å². The molecule has 0 unspecified atom stereocenters. The van der Waals surface area contributed by atoms with Gasteiger partial charge in [-0.05, 0) is 46.2 Å². The van der Waals surface area contributed by atoms with Gasteiger partial charge in [0.1, 0.15) is 5.71 Å². The lowest BCUT2D eigenvalue weighted by Crippen LogP contribution is -2.29. The van der Waals surface area contributed by atoms with Crippen molar-refractivity contribution in [1.29, 1.82) is 0 Å². The Morgan fingerprint density at radius 1 is 0.947 bits per heavy atom. The van der Waals surface area contributed by atoms with Gasteiger partial charge in [0, 0.05) is 6.42 Å². The van der Waals surface area contributed by atoms with Crippen LogP contribution in [-0.2, 0) is 13.8 Å². The Kier molecular flexibility index (Phi) is 6.64. The van der Waals surface area contributed by atoms with E-state index in [1.165, 1.54) is 0 Å². The number of hydrogen-bond donors (Lipinski definition) is 0. The van der Waals surface area contributed by atoms with Crippen molar-refractivity contribution in [2.24, 2.45) is 10.3 Å². The molecule has 0 aromatic rings. The van der Waals surface area contributed by atoms with Crippen LogP contribution < -0.4 is 0 Å². The lowest BCUT2D eigenvalue weighted by molar-refractivity contribution is -0.112. The maximum absolute atomic E-state index is 11.9. The van der Waals surface area contributed by atoms with Crippen LogP contribution in [0.25, 0.3) is 0 Å². The highest BCUT2D eigenvalue weighted by atomic mass is 28.4. The molecule has 110 valence electrons. The molecule has 19 heavy (non-hydrogen) atoms. The van der Waals surface area contributed by atoms with Gasteiger partial charge in [0.25, 0.3) is 16.6 Å². The number of rotatable bonds is 7. The first-order valence-corrected chi connectivity index (χ1v) is 13.3. The fraction of sp³-hybridized carbons (Fsp3) is 0.750. The normalized spacial score (nSPS) is 14.3. The number of Topliss-reactive ketones (excluding diaryl/α,β-unsaturated/α-hetero) is 1. The minimum absolute atomic E-state index is 0.0846. The van der Waals surface area contributed by atoms with E-state index < -0.39 is 16.6 Å². The fourth-order valence-electron chi connectivity index (χ4n) is 0.917. The van der Waals surface area contributed by atoms with Crippen LogP contribution in [0.5, 0.6) is 0 Å². The number of carbonyl (C=O) groups excluding carboxylic acids is 1. The summed E-state index contributed by atoms with van der Waals surface area (Å²) in [4.78, 5) is 11.9. The molecule has 0 N–H and O–H groups in total. The van der Waals surface area contributed by atoms with Gasteiger partial charge in [0.2, 0.25) is 0 Å². The van der Waals surface area contributed by atoms with E-state index in [9.17, 15) is 4.79 Å². The fourth-order valence-corrected chi connectivity index (χ4v) is 1.69. The van der Waals surface area contributed by atoms with E-state index in [4.69, 9.17) is 9.05 Å². The number of nitrogens with zero attached hydrogens (tertiary/aromatic N) is 2. The summed E-state index contributed by atoms with van der Waals surface area (Å²) in [6.45, 7) is 15.6. The average molecular weight is 303 g/mol. The van der Waals surface area contributed by atoms with Gasteiger partial charge in [-0.1, -0.05) is 12.1 Å². The summed E-state index contributed by atoms with van der Waals surface area (Å²) in [7, 11) is -3.57. The minimum atomic E-state index is -1.81. The zero-order valence-electron chi connectivity index (χ0n) is 13.3. The highest BCUT2D eigenvalue weighted by Gasteiger charge is 2.21. The third-order valence-electron chi connectivity index (χ3n) is 1.80. The van der Waals surface area contributed by atoms with E-state index in [2.05, 4.69) is 10.3 Å². The first-order valence-electron chi connectivity index (χ1n) is 6.49. The molecule has 7 heteroatoms. The first-order chi connectivity index (χ1) is 8.46. The molecule has 0 rings (SSSR count). The van der Waals surface area contributed by atoms with Gasteiger partial charge >= 0.3 is 0 Å². The highest BCUT2D eigenvalue weighted by molar-refractivity contribution is 6.71. The molecular formula is C12H26N2O3Si2. The Hall–Kier alpha value is -0.956. The van der Waals surface area contributed by atoms with Crippen LogP contribution in [0.15, 0.2) is 10.3 Å². The van der Waals surface area contributed by atoms with Gasteiger partial charge in [0.05, 0.1) is 0 Å². The number of oxime groups is 2. The standard InChI is InChI=1S/C12H26N2O3Si2/c1-9-11(15)12(14-17-19(6,7)8)10(2)13-16-18(3,4)5/h9H2,1-8H3/b13-10+,14-12-. The highest BCUT2D eigenvalue weighted by Crippen LogP contribution is 2.06. The Morgan fingerprint density at radius 3 is 1.74 bits per heavy atom. The lowest BCUT2D eigenvalue weighted by Gasteiger charge is -2.16. The molecule has 0 amide bonds.